The van der Waals surface area contributed by atoms with Crippen LogP contribution in [0.15, 0.2) is 78.9 Å². The zero-order valence-electron chi connectivity index (χ0n) is 22.3. The predicted octanol–water partition coefficient (Wildman–Crippen LogP) is 10.2. The van der Waals surface area contributed by atoms with Crippen LogP contribution in [-0.2, 0) is 6.42 Å². The monoisotopic (exact) mass is 500 g/mol. The lowest BCUT2D eigenvalue weighted by atomic mass is 9.95. The lowest BCUT2D eigenvalue weighted by Crippen LogP contribution is -1.92. The van der Waals surface area contributed by atoms with Gasteiger partial charge in [-0.05, 0) is 74.6 Å². The first-order chi connectivity index (χ1) is 19.3. The average Bonchev–Trinajstić information content (AvgIpc) is 3.60. The Hall–Kier alpha value is -4.56. The van der Waals surface area contributed by atoms with Crippen molar-refractivity contribution >= 4 is 83.5 Å². The first-order valence-electron chi connectivity index (χ1n) is 14.2. The molecule has 1 aliphatic rings. The molecular formula is C37H28N2. The van der Waals surface area contributed by atoms with Gasteiger partial charge >= 0.3 is 0 Å². The fraction of sp³-hybridized carbons (Fsp3) is 0.135. The molecule has 2 heteroatoms. The van der Waals surface area contributed by atoms with Gasteiger partial charge in [-0.2, -0.15) is 0 Å². The summed E-state index contributed by atoms with van der Waals surface area (Å²) in [4.78, 5) is 0. The maximum Gasteiger partial charge on any atom is 0.0634 e. The Bertz CT molecular complexity index is 2370. The van der Waals surface area contributed by atoms with E-state index in [4.69, 9.17) is 0 Å². The van der Waals surface area contributed by atoms with Crippen LogP contribution in [0, 0.1) is 0 Å². The number of para-hydroxylation sites is 1. The largest absolute Gasteiger partial charge is 0.312 e. The lowest BCUT2D eigenvalue weighted by Gasteiger charge is -2.05. The van der Waals surface area contributed by atoms with Crippen LogP contribution in [-0.4, -0.2) is 8.80 Å². The Labute approximate surface area is 226 Å². The average molecular weight is 501 g/mol. The van der Waals surface area contributed by atoms with Crippen LogP contribution >= 0.6 is 0 Å². The Morgan fingerprint density at radius 2 is 1.26 bits per heavy atom. The minimum absolute atomic E-state index is 1.10. The fourth-order valence-corrected chi connectivity index (χ4v) is 7.64. The molecule has 0 aliphatic heterocycles. The molecule has 0 saturated carbocycles. The summed E-state index contributed by atoms with van der Waals surface area (Å²) in [7, 11) is 0. The number of rotatable bonds is 2. The van der Waals surface area contributed by atoms with Gasteiger partial charge in [-0.3, -0.25) is 0 Å². The van der Waals surface area contributed by atoms with Gasteiger partial charge in [-0.15, -0.1) is 0 Å². The van der Waals surface area contributed by atoms with Crippen molar-refractivity contribution in [1.82, 2.24) is 8.80 Å². The van der Waals surface area contributed by atoms with E-state index in [9.17, 15) is 0 Å². The number of hydrogen-bond donors (Lipinski definition) is 0. The van der Waals surface area contributed by atoms with E-state index < -0.39 is 0 Å². The van der Waals surface area contributed by atoms with Crippen LogP contribution in [0.4, 0.5) is 0 Å². The molecule has 2 nitrogen and oxygen atoms in total. The van der Waals surface area contributed by atoms with E-state index in [2.05, 4.69) is 120 Å². The third-order valence-electron chi connectivity index (χ3n) is 9.01. The molecule has 9 rings (SSSR count). The number of aryl methyl sites for hydroxylation is 1. The van der Waals surface area contributed by atoms with Crippen molar-refractivity contribution in [2.45, 2.75) is 33.1 Å². The van der Waals surface area contributed by atoms with E-state index in [0.717, 1.165) is 12.8 Å². The van der Waals surface area contributed by atoms with Crippen molar-refractivity contribution < 1.29 is 0 Å². The summed E-state index contributed by atoms with van der Waals surface area (Å²) < 4.78 is 5.17. The van der Waals surface area contributed by atoms with Gasteiger partial charge in [-0.1, -0.05) is 66.8 Å². The van der Waals surface area contributed by atoms with Gasteiger partial charge in [0.1, 0.15) is 0 Å². The second-order valence-corrected chi connectivity index (χ2v) is 11.1. The summed E-state index contributed by atoms with van der Waals surface area (Å²) in [5.41, 5.74) is 12.1. The molecule has 0 saturated heterocycles. The quantitative estimate of drug-likeness (QED) is 0.223. The van der Waals surface area contributed by atoms with E-state index in [0.29, 0.717) is 0 Å². The Morgan fingerprint density at radius 3 is 2.00 bits per heavy atom. The van der Waals surface area contributed by atoms with Crippen molar-refractivity contribution in [3.63, 3.8) is 0 Å². The molecule has 0 spiro atoms. The van der Waals surface area contributed by atoms with Crippen LogP contribution in [0.1, 0.15) is 49.1 Å². The van der Waals surface area contributed by atoms with E-state index in [1.807, 2.05) is 0 Å². The van der Waals surface area contributed by atoms with Gasteiger partial charge < -0.3 is 8.80 Å². The predicted molar refractivity (Wildman–Crippen MR) is 170 cm³/mol. The van der Waals surface area contributed by atoms with Crippen LogP contribution in [0.5, 0.6) is 0 Å². The van der Waals surface area contributed by atoms with Gasteiger partial charge in [0.05, 0.1) is 27.6 Å². The highest BCUT2D eigenvalue weighted by atomic mass is 15.0. The van der Waals surface area contributed by atoms with E-state index in [-0.39, 0.29) is 0 Å². The molecule has 39 heavy (non-hydrogen) atoms. The summed E-state index contributed by atoms with van der Waals surface area (Å²) >= 11 is 0. The van der Waals surface area contributed by atoms with Crippen molar-refractivity contribution in [1.29, 1.82) is 0 Å². The number of nitrogens with zero attached hydrogens (tertiary/aromatic N) is 2. The summed E-state index contributed by atoms with van der Waals surface area (Å²) in [6.07, 6.45) is 17.0. The fourth-order valence-electron chi connectivity index (χ4n) is 7.64. The molecule has 0 N–H and O–H groups in total. The van der Waals surface area contributed by atoms with E-state index >= 15 is 0 Å². The van der Waals surface area contributed by atoms with Crippen LogP contribution in [0.3, 0.4) is 0 Å². The van der Waals surface area contributed by atoms with Crippen molar-refractivity contribution in [2.75, 3.05) is 0 Å². The minimum atomic E-state index is 1.10. The van der Waals surface area contributed by atoms with Crippen molar-refractivity contribution in [2.24, 2.45) is 0 Å². The van der Waals surface area contributed by atoms with Gasteiger partial charge in [0, 0.05) is 49.0 Å². The molecule has 4 aromatic heterocycles. The van der Waals surface area contributed by atoms with Crippen molar-refractivity contribution in [3.8, 4) is 0 Å². The molecule has 0 bridgehead atoms. The second kappa shape index (κ2) is 7.51. The molecule has 0 unspecified atom stereocenters. The maximum absolute atomic E-state index is 2.63. The Kier molecular flexibility index (Phi) is 4.12. The summed E-state index contributed by atoms with van der Waals surface area (Å²) in [5, 5.41) is 9.69. The Balaban J connectivity index is 1.68. The topological polar surface area (TPSA) is 8.82 Å². The SMILES string of the molecule is C/C=C/c1ccc2c(c1)c1c3c4ccccc4n4c5ccc(/C=C/C)cc5c(c5c6c(n2c51)CCCC=C6)c34. The molecule has 1 aliphatic carbocycles. The molecule has 186 valence electrons. The van der Waals surface area contributed by atoms with E-state index in [1.54, 1.807) is 0 Å². The second-order valence-electron chi connectivity index (χ2n) is 11.1. The highest BCUT2D eigenvalue weighted by Gasteiger charge is 2.30. The van der Waals surface area contributed by atoms with Gasteiger partial charge in [0.15, 0.2) is 0 Å². The highest BCUT2D eigenvalue weighted by molar-refractivity contribution is 6.42. The molecule has 0 fully saturated rings. The zero-order chi connectivity index (χ0) is 25.8. The molecule has 4 heterocycles. The van der Waals surface area contributed by atoms with Crippen LogP contribution < -0.4 is 0 Å². The van der Waals surface area contributed by atoms with Crippen LogP contribution in [0.2, 0.25) is 0 Å². The van der Waals surface area contributed by atoms with Gasteiger partial charge in [-0.25, -0.2) is 0 Å². The van der Waals surface area contributed by atoms with E-state index in [1.165, 1.54) is 94.1 Å². The summed E-state index contributed by atoms with van der Waals surface area (Å²) in [6, 6.07) is 23.1. The number of hydrogen-bond acceptors (Lipinski definition) is 0. The molecule has 0 amide bonds. The Morgan fingerprint density at radius 1 is 0.641 bits per heavy atom. The first kappa shape index (κ1) is 21.4. The lowest BCUT2D eigenvalue weighted by molar-refractivity contribution is 0.823. The molecule has 4 aromatic carbocycles. The molecule has 0 atom stereocenters. The summed E-state index contributed by atoms with van der Waals surface area (Å²) in [6.45, 7) is 4.20. The van der Waals surface area contributed by atoms with Crippen LogP contribution in [0.25, 0.3) is 83.5 Å². The number of allylic oxidation sites excluding steroid dienone is 3. The third-order valence-corrected chi connectivity index (χ3v) is 9.01. The number of benzene rings is 4. The highest BCUT2D eigenvalue weighted by Crippen LogP contribution is 2.51. The van der Waals surface area contributed by atoms with Gasteiger partial charge in [0.25, 0.3) is 0 Å². The molecule has 0 radical (unpaired) electrons. The number of aromatic nitrogens is 2. The standard InChI is InChI=1S/C37H28N2/c1-3-10-22-16-18-30-26(20-22)35-33-25-13-8-9-15-29(25)39-31-19-17-23(11-4-2)21-27(31)34(37(33)39)32-24-12-6-5-7-14-28(24)38(30)36(32)35/h3-4,6,8-13,15-21H,5,7,14H2,1-2H3/b10-3+,11-4+. The normalized spacial score (nSPS) is 14.8. The third kappa shape index (κ3) is 2.52. The molecular weight excluding hydrogens is 472 g/mol. The molecule has 8 aromatic rings. The maximum atomic E-state index is 2.63. The van der Waals surface area contributed by atoms with Gasteiger partial charge in [0.2, 0.25) is 0 Å². The first-order valence-corrected chi connectivity index (χ1v) is 14.2. The number of fused-ring (bicyclic) bond motifs is 14. The van der Waals surface area contributed by atoms with Crippen molar-refractivity contribution in [3.05, 3.63) is 101 Å². The zero-order valence-corrected chi connectivity index (χ0v) is 22.3. The summed E-state index contributed by atoms with van der Waals surface area (Å²) in [5.74, 6) is 0. The smallest absolute Gasteiger partial charge is 0.0634 e. The minimum Gasteiger partial charge on any atom is -0.312 e.